The molecule has 0 aliphatic carbocycles. The molecule has 0 aliphatic rings. The van der Waals surface area contributed by atoms with Crippen molar-refractivity contribution in [2.45, 2.75) is 6.92 Å². The molecule has 0 N–H and O–H groups in total. The van der Waals surface area contributed by atoms with Gasteiger partial charge in [0.05, 0.1) is 0 Å². The highest BCUT2D eigenvalue weighted by molar-refractivity contribution is 9.10. The van der Waals surface area contributed by atoms with Crippen LogP contribution in [0.2, 0.25) is 0 Å². The summed E-state index contributed by atoms with van der Waals surface area (Å²) in [5.74, 6) is 0. The summed E-state index contributed by atoms with van der Waals surface area (Å²) in [5, 5.41) is 0. The Morgan fingerprint density at radius 2 is 2.18 bits per heavy atom. The fourth-order valence-electron chi connectivity index (χ4n) is 0.987. The number of rotatable bonds is 1. The molecule has 0 nitrogen and oxygen atoms in total. The van der Waals surface area contributed by atoms with Crippen molar-refractivity contribution in [3.8, 4) is 0 Å². The average Bonchev–Trinajstić information content (AvgIpc) is 1.85. The lowest BCUT2D eigenvalue weighted by Gasteiger charge is -2.04. The minimum absolute atomic E-state index is 0.620. The summed E-state index contributed by atoms with van der Waals surface area (Å²) >= 11 is 3.37. The molecular formula is C9H8BBr. The molecule has 0 bridgehead atoms. The lowest BCUT2D eigenvalue weighted by atomic mass is 9.88. The third kappa shape index (κ3) is 1.97. The fourth-order valence-corrected chi connectivity index (χ4v) is 1.46. The maximum absolute atomic E-state index is 5.55. The second-order valence-electron chi connectivity index (χ2n) is 2.48. The normalized spacial score (nSPS) is 9.64. The van der Waals surface area contributed by atoms with Crippen molar-refractivity contribution in [2.75, 3.05) is 0 Å². The van der Waals surface area contributed by atoms with E-state index in [9.17, 15) is 0 Å². The van der Waals surface area contributed by atoms with Crippen molar-refractivity contribution < 1.29 is 0 Å². The highest BCUT2D eigenvalue weighted by Gasteiger charge is 1.97. The fraction of sp³-hybridized carbons (Fsp3) is 0.111. The Morgan fingerprint density at radius 1 is 1.55 bits per heavy atom. The minimum Gasteiger partial charge on any atom is -0.106 e. The second-order valence-corrected chi connectivity index (χ2v) is 3.40. The smallest absolute Gasteiger partial charge is 0.106 e. The maximum Gasteiger partial charge on any atom is 0.113 e. The number of benzene rings is 1. The van der Waals surface area contributed by atoms with Crippen LogP contribution in [0.15, 0.2) is 29.3 Å². The van der Waals surface area contributed by atoms with Gasteiger partial charge in [0.2, 0.25) is 0 Å². The van der Waals surface area contributed by atoms with Gasteiger partial charge in [0.1, 0.15) is 7.85 Å². The first kappa shape index (κ1) is 8.60. The summed E-state index contributed by atoms with van der Waals surface area (Å²) in [6.07, 6.45) is 0. The van der Waals surface area contributed by atoms with E-state index in [0.29, 0.717) is 5.47 Å². The topological polar surface area (TPSA) is 0 Å². The van der Waals surface area contributed by atoms with Crippen molar-refractivity contribution in [2.24, 2.45) is 0 Å². The Morgan fingerprint density at radius 3 is 2.64 bits per heavy atom. The van der Waals surface area contributed by atoms with E-state index in [0.717, 1.165) is 15.6 Å². The monoisotopic (exact) mass is 206 g/mol. The van der Waals surface area contributed by atoms with E-state index >= 15 is 0 Å². The van der Waals surface area contributed by atoms with Crippen LogP contribution in [0.5, 0.6) is 0 Å². The van der Waals surface area contributed by atoms with Gasteiger partial charge in [0, 0.05) is 4.47 Å². The van der Waals surface area contributed by atoms with Gasteiger partial charge in [-0.1, -0.05) is 27.5 Å². The van der Waals surface area contributed by atoms with Crippen molar-refractivity contribution in [3.63, 3.8) is 0 Å². The van der Waals surface area contributed by atoms with Gasteiger partial charge in [-0.2, -0.15) is 0 Å². The van der Waals surface area contributed by atoms with Gasteiger partial charge < -0.3 is 0 Å². The lowest BCUT2D eigenvalue weighted by molar-refractivity contribution is 1.42. The molecule has 1 rings (SSSR count). The molecule has 0 heterocycles. The van der Waals surface area contributed by atoms with Crippen LogP contribution in [-0.4, -0.2) is 7.85 Å². The molecule has 1 aromatic rings. The highest BCUT2D eigenvalue weighted by Crippen LogP contribution is 2.19. The minimum atomic E-state index is 0.620. The van der Waals surface area contributed by atoms with E-state index in [1.807, 2.05) is 25.1 Å². The van der Waals surface area contributed by atoms with Crippen LogP contribution in [0.4, 0.5) is 0 Å². The van der Waals surface area contributed by atoms with Gasteiger partial charge in [-0.25, -0.2) is 0 Å². The van der Waals surface area contributed by atoms with Gasteiger partial charge in [-0.3, -0.25) is 0 Å². The zero-order valence-electron chi connectivity index (χ0n) is 6.39. The predicted octanol–water partition coefficient (Wildman–Crippen LogP) is 2.90. The van der Waals surface area contributed by atoms with Gasteiger partial charge in [0.15, 0.2) is 0 Å². The molecule has 0 saturated carbocycles. The van der Waals surface area contributed by atoms with E-state index < -0.39 is 0 Å². The third-order valence-corrected chi connectivity index (χ3v) is 2.03. The molecule has 11 heavy (non-hydrogen) atoms. The largest absolute Gasteiger partial charge is 0.113 e. The number of halogens is 1. The van der Waals surface area contributed by atoms with Gasteiger partial charge in [-0.05, 0) is 30.2 Å². The van der Waals surface area contributed by atoms with E-state index in [4.69, 9.17) is 7.85 Å². The average molecular weight is 207 g/mol. The molecule has 0 atom stereocenters. The first-order valence-electron chi connectivity index (χ1n) is 3.32. The summed E-state index contributed by atoms with van der Waals surface area (Å²) in [4.78, 5) is 0. The molecule has 1 aromatic carbocycles. The molecule has 0 saturated heterocycles. The number of hydrogen-bond donors (Lipinski definition) is 0. The Hall–Kier alpha value is -0.495. The van der Waals surface area contributed by atoms with Gasteiger partial charge >= 0.3 is 0 Å². The summed E-state index contributed by atoms with van der Waals surface area (Å²) < 4.78 is 1.07. The van der Waals surface area contributed by atoms with Crippen LogP contribution >= 0.6 is 15.9 Å². The SMILES string of the molecule is [B]C(=C)c1ccc(Br)cc1C. The molecule has 0 spiro atoms. The number of aryl methyl sites for hydroxylation is 1. The molecular weight excluding hydrogens is 199 g/mol. The molecule has 0 aliphatic heterocycles. The van der Waals surface area contributed by atoms with Crippen LogP contribution in [-0.2, 0) is 0 Å². The summed E-state index contributed by atoms with van der Waals surface area (Å²) in [7, 11) is 5.55. The number of hydrogen-bond acceptors (Lipinski definition) is 0. The maximum atomic E-state index is 5.55. The first-order chi connectivity index (χ1) is 5.11. The van der Waals surface area contributed by atoms with E-state index in [1.54, 1.807) is 0 Å². The highest BCUT2D eigenvalue weighted by atomic mass is 79.9. The summed E-state index contributed by atoms with van der Waals surface area (Å²) in [6.45, 7) is 5.69. The molecule has 0 fully saturated rings. The Labute approximate surface area is 76.9 Å². The first-order valence-corrected chi connectivity index (χ1v) is 4.11. The molecule has 54 valence electrons. The van der Waals surface area contributed by atoms with Gasteiger partial charge in [-0.15, -0.1) is 6.58 Å². The van der Waals surface area contributed by atoms with Crippen LogP contribution in [0.25, 0.3) is 5.47 Å². The van der Waals surface area contributed by atoms with Crippen molar-refractivity contribution in [3.05, 3.63) is 40.4 Å². The van der Waals surface area contributed by atoms with Crippen LogP contribution in [0.3, 0.4) is 0 Å². The summed E-state index contributed by atoms with van der Waals surface area (Å²) in [6, 6.07) is 5.94. The molecule has 0 amide bonds. The Bertz CT molecular complexity index is 292. The zero-order chi connectivity index (χ0) is 8.43. The van der Waals surface area contributed by atoms with Crippen molar-refractivity contribution in [1.82, 2.24) is 0 Å². The molecule has 0 aromatic heterocycles. The van der Waals surface area contributed by atoms with Gasteiger partial charge in [0.25, 0.3) is 0 Å². The Kier molecular flexibility index (Phi) is 2.55. The van der Waals surface area contributed by atoms with E-state index in [-0.39, 0.29) is 0 Å². The zero-order valence-corrected chi connectivity index (χ0v) is 7.98. The third-order valence-electron chi connectivity index (χ3n) is 1.53. The van der Waals surface area contributed by atoms with Crippen LogP contribution in [0.1, 0.15) is 11.1 Å². The lowest BCUT2D eigenvalue weighted by Crippen LogP contribution is -1.86. The van der Waals surface area contributed by atoms with E-state index in [1.165, 1.54) is 0 Å². The molecule has 0 unspecified atom stereocenters. The second kappa shape index (κ2) is 3.27. The predicted molar refractivity (Wildman–Crippen MR) is 53.7 cm³/mol. The van der Waals surface area contributed by atoms with Crippen LogP contribution in [0, 0.1) is 6.92 Å². The Balaban J connectivity index is 3.20. The molecule has 2 heteroatoms. The van der Waals surface area contributed by atoms with Crippen molar-refractivity contribution >= 4 is 29.2 Å². The van der Waals surface area contributed by atoms with Crippen molar-refractivity contribution in [1.29, 1.82) is 0 Å². The van der Waals surface area contributed by atoms with E-state index in [2.05, 4.69) is 22.5 Å². The quantitative estimate of drug-likeness (QED) is 0.621. The standard InChI is InChI=1S/C9H8BBr/c1-6-5-8(11)3-4-9(6)7(2)10/h3-5H,2H2,1H3. The summed E-state index contributed by atoms with van der Waals surface area (Å²) in [5.41, 5.74) is 2.79. The molecule has 2 radical (unpaired) electrons. The van der Waals surface area contributed by atoms with Crippen LogP contribution < -0.4 is 0 Å².